The highest BCUT2D eigenvalue weighted by molar-refractivity contribution is 7.89. The van der Waals surface area contributed by atoms with Gasteiger partial charge in [0, 0.05) is 20.2 Å². The van der Waals surface area contributed by atoms with Gasteiger partial charge in [-0.25, -0.2) is 13.1 Å². The highest BCUT2D eigenvalue weighted by Gasteiger charge is 2.31. The number of sulfonamides is 1. The zero-order valence-corrected chi connectivity index (χ0v) is 12.7. The van der Waals surface area contributed by atoms with Crippen molar-refractivity contribution in [2.75, 3.05) is 26.0 Å². The molecule has 6 heteroatoms. The molecule has 0 saturated carbocycles. The van der Waals surface area contributed by atoms with E-state index in [1.165, 1.54) is 0 Å². The minimum atomic E-state index is -3.33. The van der Waals surface area contributed by atoms with Gasteiger partial charge in [0.1, 0.15) is 0 Å². The van der Waals surface area contributed by atoms with Crippen LogP contribution in [-0.4, -0.2) is 46.5 Å². The minimum absolute atomic E-state index is 0.0379. The monoisotopic (exact) mass is 298 g/mol. The first kappa shape index (κ1) is 15.4. The Hall–Kier alpha value is -0.950. The molecule has 20 heavy (non-hydrogen) atoms. The normalized spacial score (nSPS) is 24.7. The Bertz CT molecular complexity index is 518. The molecule has 0 bridgehead atoms. The van der Waals surface area contributed by atoms with Crippen molar-refractivity contribution in [2.45, 2.75) is 25.0 Å². The van der Waals surface area contributed by atoms with Gasteiger partial charge in [0.25, 0.3) is 0 Å². The second-order valence-corrected chi connectivity index (χ2v) is 7.05. The maximum absolute atomic E-state index is 12.2. The summed E-state index contributed by atoms with van der Waals surface area (Å²) in [5, 5.41) is 3.13. The first-order chi connectivity index (χ1) is 9.52. The van der Waals surface area contributed by atoms with Crippen molar-refractivity contribution >= 4 is 10.0 Å². The fraction of sp³-hybridized carbons (Fsp3) is 0.571. The molecule has 1 aromatic carbocycles. The SMILES string of the molecule is CO[C@H]1CNCC1NS(=O)(=O)CC(C)c1ccccc1. The van der Waals surface area contributed by atoms with Crippen LogP contribution in [0.2, 0.25) is 0 Å². The standard InChI is InChI=1S/C14H22N2O3S/c1-11(12-6-4-3-5-7-12)10-20(17,18)16-13-8-15-9-14(13)19-2/h3-7,11,13-16H,8-10H2,1-2H3/t11?,13?,14-/m0/s1. The number of rotatable bonds is 6. The van der Waals surface area contributed by atoms with E-state index in [-0.39, 0.29) is 23.8 Å². The Kier molecular flexibility index (Phi) is 5.15. The van der Waals surface area contributed by atoms with Crippen LogP contribution in [0.4, 0.5) is 0 Å². The molecule has 2 unspecified atom stereocenters. The molecule has 1 aromatic rings. The summed E-state index contributed by atoms with van der Waals surface area (Å²) < 4.78 is 32.5. The number of benzene rings is 1. The summed E-state index contributed by atoms with van der Waals surface area (Å²) in [5.74, 6) is 0.0493. The van der Waals surface area contributed by atoms with Gasteiger partial charge in [0.15, 0.2) is 0 Å². The van der Waals surface area contributed by atoms with Crippen molar-refractivity contribution in [3.63, 3.8) is 0 Å². The topological polar surface area (TPSA) is 67.4 Å². The van der Waals surface area contributed by atoms with E-state index >= 15 is 0 Å². The van der Waals surface area contributed by atoms with Gasteiger partial charge >= 0.3 is 0 Å². The summed E-state index contributed by atoms with van der Waals surface area (Å²) in [4.78, 5) is 0. The van der Waals surface area contributed by atoms with Crippen LogP contribution in [0.25, 0.3) is 0 Å². The van der Waals surface area contributed by atoms with E-state index in [2.05, 4.69) is 10.0 Å². The van der Waals surface area contributed by atoms with Crippen LogP contribution in [-0.2, 0) is 14.8 Å². The number of nitrogens with one attached hydrogen (secondary N) is 2. The Balaban J connectivity index is 1.97. The van der Waals surface area contributed by atoms with Crippen LogP contribution in [0.5, 0.6) is 0 Å². The van der Waals surface area contributed by atoms with Crippen molar-refractivity contribution in [1.29, 1.82) is 0 Å². The summed E-state index contributed by atoms with van der Waals surface area (Å²) >= 11 is 0. The molecule has 1 aliphatic rings. The van der Waals surface area contributed by atoms with Crippen LogP contribution in [0.15, 0.2) is 30.3 Å². The Labute approximate surface area is 120 Å². The van der Waals surface area contributed by atoms with Gasteiger partial charge in [-0.3, -0.25) is 0 Å². The van der Waals surface area contributed by atoms with Gasteiger partial charge in [-0.2, -0.15) is 0 Å². The minimum Gasteiger partial charge on any atom is -0.378 e. The third-order valence-electron chi connectivity index (χ3n) is 3.63. The van der Waals surface area contributed by atoms with Crippen molar-refractivity contribution in [3.8, 4) is 0 Å². The van der Waals surface area contributed by atoms with Crippen molar-refractivity contribution in [2.24, 2.45) is 0 Å². The Morgan fingerprint density at radius 3 is 2.70 bits per heavy atom. The van der Waals surface area contributed by atoms with Crippen LogP contribution >= 0.6 is 0 Å². The lowest BCUT2D eigenvalue weighted by Gasteiger charge is -2.20. The van der Waals surface area contributed by atoms with E-state index in [0.29, 0.717) is 13.1 Å². The van der Waals surface area contributed by atoms with Crippen molar-refractivity contribution in [3.05, 3.63) is 35.9 Å². The third kappa shape index (κ3) is 4.02. The molecule has 2 rings (SSSR count). The lowest BCUT2D eigenvalue weighted by atomic mass is 10.0. The number of ether oxygens (including phenoxy) is 1. The third-order valence-corrected chi connectivity index (χ3v) is 5.23. The summed E-state index contributed by atoms with van der Waals surface area (Å²) in [6.45, 7) is 3.21. The summed E-state index contributed by atoms with van der Waals surface area (Å²) in [7, 11) is -1.72. The summed E-state index contributed by atoms with van der Waals surface area (Å²) in [6.07, 6.45) is -0.100. The fourth-order valence-corrected chi connectivity index (χ4v) is 4.15. The Morgan fingerprint density at radius 2 is 2.05 bits per heavy atom. The molecule has 1 heterocycles. The molecule has 2 N–H and O–H groups in total. The lowest BCUT2D eigenvalue weighted by Crippen LogP contribution is -2.44. The van der Waals surface area contributed by atoms with Gasteiger partial charge in [-0.05, 0) is 11.5 Å². The van der Waals surface area contributed by atoms with Crippen LogP contribution in [0.3, 0.4) is 0 Å². The molecule has 1 aliphatic heterocycles. The molecule has 0 spiro atoms. The van der Waals surface area contributed by atoms with Gasteiger partial charge in [0.2, 0.25) is 10.0 Å². The molecule has 0 radical (unpaired) electrons. The number of hydrogen-bond donors (Lipinski definition) is 2. The molecule has 112 valence electrons. The van der Waals surface area contributed by atoms with Crippen LogP contribution in [0, 0.1) is 0 Å². The van der Waals surface area contributed by atoms with Gasteiger partial charge < -0.3 is 10.1 Å². The quantitative estimate of drug-likeness (QED) is 0.811. The number of hydrogen-bond acceptors (Lipinski definition) is 4. The molecular weight excluding hydrogens is 276 g/mol. The van der Waals surface area contributed by atoms with Gasteiger partial charge in [0.05, 0.1) is 17.9 Å². The van der Waals surface area contributed by atoms with E-state index in [1.807, 2.05) is 37.3 Å². The largest absolute Gasteiger partial charge is 0.378 e. The molecule has 1 fully saturated rings. The molecule has 0 aliphatic carbocycles. The predicted octanol–water partition coefficient (Wildman–Crippen LogP) is 0.696. The molecule has 3 atom stereocenters. The van der Waals surface area contributed by atoms with Gasteiger partial charge in [-0.15, -0.1) is 0 Å². The molecule has 0 aromatic heterocycles. The predicted molar refractivity (Wildman–Crippen MR) is 79.2 cm³/mol. The Morgan fingerprint density at radius 1 is 1.35 bits per heavy atom. The van der Waals surface area contributed by atoms with E-state index in [0.717, 1.165) is 5.56 Å². The molecule has 0 amide bonds. The molecule has 5 nitrogen and oxygen atoms in total. The first-order valence-electron chi connectivity index (χ1n) is 6.80. The zero-order valence-electron chi connectivity index (χ0n) is 11.9. The first-order valence-corrected chi connectivity index (χ1v) is 8.45. The average Bonchev–Trinajstić information content (AvgIpc) is 2.85. The van der Waals surface area contributed by atoms with Crippen LogP contribution < -0.4 is 10.0 Å². The van der Waals surface area contributed by atoms with Crippen molar-refractivity contribution < 1.29 is 13.2 Å². The maximum Gasteiger partial charge on any atom is 0.212 e. The van der Waals surface area contributed by atoms with E-state index in [4.69, 9.17) is 4.74 Å². The highest BCUT2D eigenvalue weighted by Crippen LogP contribution is 2.17. The summed E-state index contributed by atoms with van der Waals surface area (Å²) in [5.41, 5.74) is 1.03. The van der Waals surface area contributed by atoms with E-state index < -0.39 is 10.0 Å². The smallest absolute Gasteiger partial charge is 0.212 e. The zero-order chi connectivity index (χ0) is 14.6. The number of methoxy groups -OCH3 is 1. The maximum atomic E-state index is 12.2. The second-order valence-electron chi connectivity index (χ2n) is 5.25. The molecule has 1 saturated heterocycles. The van der Waals surface area contributed by atoms with E-state index in [1.54, 1.807) is 7.11 Å². The highest BCUT2D eigenvalue weighted by atomic mass is 32.2. The second kappa shape index (κ2) is 6.67. The van der Waals surface area contributed by atoms with Gasteiger partial charge in [-0.1, -0.05) is 37.3 Å². The van der Waals surface area contributed by atoms with Crippen molar-refractivity contribution in [1.82, 2.24) is 10.0 Å². The average molecular weight is 298 g/mol. The van der Waals surface area contributed by atoms with Crippen LogP contribution in [0.1, 0.15) is 18.4 Å². The van der Waals surface area contributed by atoms with E-state index in [9.17, 15) is 8.42 Å². The lowest BCUT2D eigenvalue weighted by molar-refractivity contribution is 0.103. The summed E-state index contributed by atoms with van der Waals surface area (Å²) in [6, 6.07) is 9.50. The molecular formula is C14H22N2O3S. The fourth-order valence-electron chi connectivity index (χ4n) is 2.51.